The molecule has 2 heteroatoms. The van der Waals surface area contributed by atoms with Gasteiger partial charge in [-0.25, -0.2) is 0 Å². The van der Waals surface area contributed by atoms with Gasteiger partial charge >= 0.3 is 0 Å². The minimum absolute atomic E-state index is 0.326. The highest BCUT2D eigenvalue weighted by molar-refractivity contribution is 5.33. The van der Waals surface area contributed by atoms with E-state index in [1.165, 1.54) is 0 Å². The van der Waals surface area contributed by atoms with Crippen molar-refractivity contribution >= 4 is 0 Å². The molecule has 0 saturated heterocycles. The van der Waals surface area contributed by atoms with Crippen LogP contribution in [-0.2, 0) is 0 Å². The quantitative estimate of drug-likeness (QED) is 0.578. The fourth-order valence-electron chi connectivity index (χ4n) is 0.913. The molecule has 0 radical (unpaired) electrons. The van der Waals surface area contributed by atoms with E-state index in [4.69, 9.17) is 11.5 Å². The van der Waals surface area contributed by atoms with E-state index in [1.54, 1.807) is 0 Å². The van der Waals surface area contributed by atoms with Crippen molar-refractivity contribution in [1.29, 1.82) is 0 Å². The van der Waals surface area contributed by atoms with E-state index in [9.17, 15) is 0 Å². The van der Waals surface area contributed by atoms with Crippen LogP contribution >= 0.6 is 0 Å². The Morgan fingerprint density at radius 1 is 1.45 bits per heavy atom. The average Bonchev–Trinajstić information content (AvgIpc) is 2.10. The molecule has 0 aromatic rings. The Kier molecular flexibility index (Phi) is 2.27. The maximum atomic E-state index is 5.85. The standard InChI is InChI=1S/C9H14N2/c1-9(11)5-2-3-8(7-10)4-6-9/h2-6H,7,10-11H2,1H3. The van der Waals surface area contributed by atoms with Gasteiger partial charge in [0.15, 0.2) is 0 Å². The van der Waals surface area contributed by atoms with Crippen LogP contribution in [0.15, 0.2) is 36.0 Å². The van der Waals surface area contributed by atoms with Crippen molar-refractivity contribution in [2.75, 3.05) is 6.54 Å². The van der Waals surface area contributed by atoms with E-state index in [0.717, 1.165) is 5.57 Å². The highest BCUT2D eigenvalue weighted by Gasteiger charge is 2.09. The molecule has 0 heterocycles. The first-order valence-corrected chi connectivity index (χ1v) is 3.71. The van der Waals surface area contributed by atoms with Crippen LogP contribution in [0.2, 0.25) is 0 Å². The second-order valence-electron chi connectivity index (χ2n) is 3.00. The first-order valence-electron chi connectivity index (χ1n) is 3.71. The second-order valence-corrected chi connectivity index (χ2v) is 3.00. The number of nitrogens with two attached hydrogens (primary N) is 2. The highest BCUT2D eigenvalue weighted by atomic mass is 14.7. The van der Waals surface area contributed by atoms with E-state index >= 15 is 0 Å². The van der Waals surface area contributed by atoms with Crippen molar-refractivity contribution in [3.8, 4) is 0 Å². The molecule has 2 nitrogen and oxygen atoms in total. The smallest absolute Gasteiger partial charge is 0.0502 e. The van der Waals surface area contributed by atoms with Crippen molar-refractivity contribution in [2.45, 2.75) is 12.5 Å². The van der Waals surface area contributed by atoms with E-state index < -0.39 is 0 Å². The predicted molar refractivity (Wildman–Crippen MR) is 48.0 cm³/mol. The zero-order valence-electron chi connectivity index (χ0n) is 6.75. The molecular formula is C9H14N2. The zero-order chi connectivity index (χ0) is 8.32. The molecule has 0 amide bonds. The normalized spacial score (nSPS) is 29.9. The third-order valence-electron chi connectivity index (χ3n) is 1.66. The molecule has 0 aromatic heterocycles. The fourth-order valence-corrected chi connectivity index (χ4v) is 0.913. The molecule has 1 aliphatic rings. The number of hydrogen-bond donors (Lipinski definition) is 2. The van der Waals surface area contributed by atoms with Crippen LogP contribution in [-0.4, -0.2) is 12.1 Å². The van der Waals surface area contributed by atoms with Crippen LogP contribution in [0.3, 0.4) is 0 Å². The summed E-state index contributed by atoms with van der Waals surface area (Å²) in [5.74, 6) is 0. The summed E-state index contributed by atoms with van der Waals surface area (Å²) in [6.45, 7) is 2.52. The molecule has 4 N–H and O–H groups in total. The highest BCUT2D eigenvalue weighted by Crippen LogP contribution is 2.10. The van der Waals surface area contributed by atoms with Gasteiger partial charge in [-0.2, -0.15) is 0 Å². The Labute approximate surface area is 67.3 Å². The fraction of sp³-hybridized carbons (Fsp3) is 0.333. The van der Waals surface area contributed by atoms with Crippen LogP contribution in [0.5, 0.6) is 0 Å². The Hall–Kier alpha value is -0.860. The van der Waals surface area contributed by atoms with Crippen molar-refractivity contribution < 1.29 is 0 Å². The number of allylic oxidation sites excluding steroid dienone is 2. The zero-order valence-corrected chi connectivity index (χ0v) is 6.75. The summed E-state index contributed by atoms with van der Waals surface area (Å²) in [4.78, 5) is 0. The molecule has 1 rings (SSSR count). The first kappa shape index (κ1) is 8.24. The minimum Gasteiger partial charge on any atom is -0.326 e. The molecule has 60 valence electrons. The maximum absolute atomic E-state index is 5.85. The summed E-state index contributed by atoms with van der Waals surface area (Å²) in [6.07, 6.45) is 9.80. The van der Waals surface area contributed by atoms with Gasteiger partial charge < -0.3 is 11.5 Å². The Balaban J connectivity index is 2.83. The Bertz CT molecular complexity index is 222. The van der Waals surface area contributed by atoms with Crippen LogP contribution in [0.1, 0.15) is 6.92 Å². The molecule has 0 aromatic carbocycles. The average molecular weight is 150 g/mol. The summed E-state index contributed by atoms with van der Waals surface area (Å²) < 4.78 is 0. The van der Waals surface area contributed by atoms with Crippen molar-refractivity contribution in [3.63, 3.8) is 0 Å². The van der Waals surface area contributed by atoms with Gasteiger partial charge in [-0.1, -0.05) is 30.4 Å². The summed E-state index contributed by atoms with van der Waals surface area (Å²) in [7, 11) is 0. The first-order chi connectivity index (χ1) is 5.14. The van der Waals surface area contributed by atoms with E-state index in [0.29, 0.717) is 6.54 Å². The predicted octanol–water partition coefficient (Wildman–Crippen LogP) is 0.715. The molecule has 0 fully saturated rings. The monoisotopic (exact) mass is 150 g/mol. The molecule has 1 atom stereocenters. The maximum Gasteiger partial charge on any atom is 0.0502 e. The van der Waals surface area contributed by atoms with Crippen molar-refractivity contribution in [1.82, 2.24) is 0 Å². The van der Waals surface area contributed by atoms with Gasteiger partial charge in [0, 0.05) is 6.54 Å². The van der Waals surface area contributed by atoms with Crippen LogP contribution in [0.25, 0.3) is 0 Å². The summed E-state index contributed by atoms with van der Waals surface area (Å²) in [5, 5.41) is 0. The van der Waals surface area contributed by atoms with Gasteiger partial charge in [-0.15, -0.1) is 0 Å². The lowest BCUT2D eigenvalue weighted by atomic mass is 10.0. The van der Waals surface area contributed by atoms with Gasteiger partial charge in [-0.3, -0.25) is 0 Å². The summed E-state index contributed by atoms with van der Waals surface area (Å²) in [6, 6.07) is 0. The summed E-state index contributed by atoms with van der Waals surface area (Å²) >= 11 is 0. The third kappa shape index (κ3) is 2.33. The van der Waals surface area contributed by atoms with Crippen LogP contribution in [0, 0.1) is 0 Å². The SMILES string of the molecule is CC1(N)C=CC=C(CN)C=C1. The van der Waals surface area contributed by atoms with Crippen molar-refractivity contribution in [3.05, 3.63) is 36.0 Å². The van der Waals surface area contributed by atoms with Gasteiger partial charge in [0.25, 0.3) is 0 Å². The second kappa shape index (κ2) is 3.03. The van der Waals surface area contributed by atoms with Crippen LogP contribution in [0.4, 0.5) is 0 Å². The van der Waals surface area contributed by atoms with Gasteiger partial charge in [0.05, 0.1) is 5.54 Å². The van der Waals surface area contributed by atoms with Gasteiger partial charge in [-0.05, 0) is 12.5 Å². The lowest BCUT2D eigenvalue weighted by molar-refractivity contribution is 0.736. The molecule has 0 aliphatic heterocycles. The molecular weight excluding hydrogens is 136 g/mol. The topological polar surface area (TPSA) is 52.0 Å². The Morgan fingerprint density at radius 2 is 2.18 bits per heavy atom. The van der Waals surface area contributed by atoms with Gasteiger partial charge in [0.2, 0.25) is 0 Å². The van der Waals surface area contributed by atoms with Crippen molar-refractivity contribution in [2.24, 2.45) is 11.5 Å². The largest absolute Gasteiger partial charge is 0.326 e. The van der Waals surface area contributed by atoms with Crippen LogP contribution < -0.4 is 11.5 Å². The molecule has 0 bridgehead atoms. The van der Waals surface area contributed by atoms with Gasteiger partial charge in [0.1, 0.15) is 0 Å². The van der Waals surface area contributed by atoms with E-state index in [1.807, 2.05) is 37.3 Å². The van der Waals surface area contributed by atoms with E-state index in [-0.39, 0.29) is 5.54 Å². The molecule has 1 aliphatic carbocycles. The summed E-state index contributed by atoms with van der Waals surface area (Å²) in [5.41, 5.74) is 12.1. The number of hydrogen-bond acceptors (Lipinski definition) is 2. The lowest BCUT2D eigenvalue weighted by Crippen LogP contribution is -2.30. The molecule has 0 saturated carbocycles. The molecule has 11 heavy (non-hydrogen) atoms. The van der Waals surface area contributed by atoms with E-state index in [2.05, 4.69) is 0 Å². The number of rotatable bonds is 1. The minimum atomic E-state index is -0.326. The molecule has 0 spiro atoms. The Morgan fingerprint density at radius 3 is 2.82 bits per heavy atom. The molecule has 1 unspecified atom stereocenters. The third-order valence-corrected chi connectivity index (χ3v) is 1.66. The lowest BCUT2D eigenvalue weighted by Gasteiger charge is -2.12.